The Balaban J connectivity index is 1.71. The van der Waals surface area contributed by atoms with Gasteiger partial charge in [0.05, 0.1) is 11.8 Å². The average Bonchev–Trinajstić information content (AvgIpc) is 3.10. The first-order valence-electron chi connectivity index (χ1n) is 7.76. The minimum atomic E-state index is -0.231. The summed E-state index contributed by atoms with van der Waals surface area (Å²) in [6.45, 7) is 0. The Morgan fingerprint density at radius 1 is 1.35 bits per heavy atom. The van der Waals surface area contributed by atoms with Gasteiger partial charge in [0, 0.05) is 25.5 Å². The fraction of sp³-hybridized carbons (Fsp3) is 0.438. The van der Waals surface area contributed by atoms with Crippen molar-refractivity contribution in [2.45, 2.75) is 37.8 Å². The number of imidazole rings is 1. The van der Waals surface area contributed by atoms with Crippen LogP contribution in [-0.4, -0.2) is 39.7 Å². The molecule has 0 bridgehead atoms. The van der Waals surface area contributed by atoms with Gasteiger partial charge in [-0.1, -0.05) is 0 Å². The van der Waals surface area contributed by atoms with Crippen LogP contribution in [-0.2, 0) is 4.74 Å². The topological polar surface area (TPSA) is 95.1 Å². The van der Waals surface area contributed by atoms with Gasteiger partial charge >= 0.3 is 0 Å². The molecule has 0 spiro atoms. The van der Waals surface area contributed by atoms with Crippen LogP contribution in [0.4, 0.5) is 5.69 Å². The maximum atomic E-state index is 12.5. The van der Waals surface area contributed by atoms with E-state index in [2.05, 4.69) is 15.3 Å². The summed E-state index contributed by atoms with van der Waals surface area (Å²) in [6, 6.07) is 3.60. The van der Waals surface area contributed by atoms with Crippen LogP contribution in [0.15, 0.2) is 30.9 Å². The third-order valence-corrected chi connectivity index (χ3v) is 4.24. The van der Waals surface area contributed by atoms with Crippen molar-refractivity contribution in [1.29, 1.82) is 0 Å². The summed E-state index contributed by atoms with van der Waals surface area (Å²) in [5.74, 6) is 0.385. The Bertz CT molecular complexity index is 663. The Kier molecular flexibility index (Phi) is 4.57. The summed E-state index contributed by atoms with van der Waals surface area (Å²) in [5, 5.41) is 3.03. The van der Waals surface area contributed by atoms with Crippen LogP contribution in [0.25, 0.3) is 5.82 Å². The number of anilines is 1. The van der Waals surface area contributed by atoms with E-state index < -0.39 is 0 Å². The molecule has 1 fully saturated rings. The van der Waals surface area contributed by atoms with Gasteiger partial charge in [-0.05, 0) is 37.8 Å². The van der Waals surface area contributed by atoms with Crippen molar-refractivity contribution in [3.63, 3.8) is 0 Å². The second-order valence-corrected chi connectivity index (χ2v) is 5.76. The van der Waals surface area contributed by atoms with E-state index in [0.29, 0.717) is 17.6 Å². The highest BCUT2D eigenvalue weighted by molar-refractivity contribution is 5.97. The number of nitrogen functional groups attached to an aromatic ring is 1. The van der Waals surface area contributed by atoms with Gasteiger partial charge in [-0.25, -0.2) is 9.97 Å². The van der Waals surface area contributed by atoms with Crippen molar-refractivity contribution in [1.82, 2.24) is 19.9 Å². The molecule has 0 radical (unpaired) electrons. The quantitative estimate of drug-likeness (QED) is 0.892. The van der Waals surface area contributed by atoms with Crippen molar-refractivity contribution in [3.8, 4) is 5.82 Å². The van der Waals surface area contributed by atoms with Crippen molar-refractivity contribution in [2.24, 2.45) is 0 Å². The van der Waals surface area contributed by atoms with Gasteiger partial charge in [0.15, 0.2) is 5.69 Å². The molecule has 7 nitrogen and oxygen atoms in total. The van der Waals surface area contributed by atoms with E-state index in [-0.39, 0.29) is 17.6 Å². The number of pyridine rings is 1. The van der Waals surface area contributed by atoms with E-state index in [9.17, 15) is 4.79 Å². The molecule has 1 saturated carbocycles. The number of amides is 1. The molecule has 3 N–H and O–H groups in total. The number of hydrogen-bond donors (Lipinski definition) is 2. The summed E-state index contributed by atoms with van der Waals surface area (Å²) >= 11 is 0. The zero-order valence-corrected chi connectivity index (χ0v) is 13.1. The lowest BCUT2D eigenvalue weighted by Gasteiger charge is -2.28. The minimum Gasteiger partial charge on any atom is -0.397 e. The maximum Gasteiger partial charge on any atom is 0.272 e. The molecule has 1 aliphatic rings. The van der Waals surface area contributed by atoms with Crippen molar-refractivity contribution >= 4 is 11.6 Å². The van der Waals surface area contributed by atoms with Crippen LogP contribution in [0.5, 0.6) is 0 Å². The number of methoxy groups -OCH3 is 1. The average molecular weight is 315 g/mol. The third-order valence-electron chi connectivity index (χ3n) is 4.24. The highest BCUT2D eigenvalue weighted by atomic mass is 16.5. The zero-order valence-electron chi connectivity index (χ0n) is 13.1. The number of ether oxygens (including phenoxy) is 1. The van der Waals surface area contributed by atoms with E-state index in [1.54, 1.807) is 42.5 Å². The summed E-state index contributed by atoms with van der Waals surface area (Å²) < 4.78 is 7.09. The number of nitrogens with one attached hydrogen (secondary N) is 1. The molecule has 0 saturated heterocycles. The number of carbonyl (C=O) groups excluding carboxylic acids is 1. The predicted octanol–water partition coefficient (Wildman–Crippen LogP) is 1.54. The summed E-state index contributed by atoms with van der Waals surface area (Å²) in [6.07, 6.45) is 9.09. The van der Waals surface area contributed by atoms with E-state index in [0.717, 1.165) is 25.7 Å². The van der Waals surface area contributed by atoms with Gasteiger partial charge in [0.25, 0.3) is 5.91 Å². The number of nitrogens with zero attached hydrogens (tertiary/aromatic N) is 3. The summed E-state index contributed by atoms with van der Waals surface area (Å²) in [4.78, 5) is 20.9. The molecule has 0 aromatic carbocycles. The van der Waals surface area contributed by atoms with Crippen LogP contribution < -0.4 is 11.1 Å². The molecule has 2 aromatic rings. The molecule has 0 aliphatic heterocycles. The number of nitrogens with two attached hydrogens (primary N) is 1. The fourth-order valence-electron chi connectivity index (χ4n) is 2.88. The smallest absolute Gasteiger partial charge is 0.272 e. The maximum absolute atomic E-state index is 12.5. The third kappa shape index (κ3) is 3.50. The molecule has 0 unspecified atom stereocenters. The largest absolute Gasteiger partial charge is 0.397 e. The number of carbonyl (C=O) groups is 1. The molecule has 2 heterocycles. The fourth-order valence-corrected chi connectivity index (χ4v) is 2.88. The van der Waals surface area contributed by atoms with Gasteiger partial charge in [-0.2, -0.15) is 0 Å². The van der Waals surface area contributed by atoms with Gasteiger partial charge < -0.3 is 15.8 Å². The first-order chi connectivity index (χ1) is 11.2. The molecule has 1 amide bonds. The summed E-state index contributed by atoms with van der Waals surface area (Å²) in [5.41, 5.74) is 6.55. The van der Waals surface area contributed by atoms with Crippen LogP contribution in [0, 0.1) is 0 Å². The van der Waals surface area contributed by atoms with Crippen molar-refractivity contribution in [2.75, 3.05) is 12.8 Å². The number of hydrogen-bond acceptors (Lipinski definition) is 5. The molecule has 0 atom stereocenters. The van der Waals surface area contributed by atoms with E-state index in [1.807, 2.05) is 0 Å². The first kappa shape index (κ1) is 15.5. The van der Waals surface area contributed by atoms with Crippen LogP contribution >= 0.6 is 0 Å². The standard InChI is InChI=1S/C16H21N5O2/c1-23-12-4-2-11(3-5-12)19-16(22)15-13(17)6-7-14(20-15)21-9-8-18-10-21/h6-12H,2-5,17H2,1H3,(H,19,22). The monoisotopic (exact) mass is 315 g/mol. The Morgan fingerprint density at radius 3 is 2.78 bits per heavy atom. The SMILES string of the molecule is COC1CCC(NC(=O)c2nc(-n3ccnc3)ccc2N)CC1. The second kappa shape index (κ2) is 6.78. The van der Waals surface area contributed by atoms with Crippen LogP contribution in [0.2, 0.25) is 0 Å². The lowest BCUT2D eigenvalue weighted by Crippen LogP contribution is -2.39. The highest BCUT2D eigenvalue weighted by Crippen LogP contribution is 2.21. The zero-order chi connectivity index (χ0) is 16.2. The molecule has 1 aliphatic carbocycles. The molecular formula is C16H21N5O2. The number of aromatic nitrogens is 3. The molecule has 2 aromatic heterocycles. The van der Waals surface area contributed by atoms with E-state index in [4.69, 9.17) is 10.5 Å². The Morgan fingerprint density at radius 2 is 2.13 bits per heavy atom. The molecule has 23 heavy (non-hydrogen) atoms. The molecule has 3 rings (SSSR count). The highest BCUT2D eigenvalue weighted by Gasteiger charge is 2.23. The Labute approximate surface area is 134 Å². The lowest BCUT2D eigenvalue weighted by atomic mass is 9.93. The molecular weight excluding hydrogens is 294 g/mol. The predicted molar refractivity (Wildman–Crippen MR) is 86.3 cm³/mol. The lowest BCUT2D eigenvalue weighted by molar-refractivity contribution is 0.0598. The van der Waals surface area contributed by atoms with Gasteiger partial charge in [0.1, 0.15) is 12.1 Å². The molecule has 7 heteroatoms. The van der Waals surface area contributed by atoms with E-state index in [1.165, 1.54) is 0 Å². The van der Waals surface area contributed by atoms with Gasteiger partial charge in [-0.3, -0.25) is 9.36 Å². The first-order valence-corrected chi connectivity index (χ1v) is 7.76. The van der Waals surface area contributed by atoms with Crippen LogP contribution in [0.3, 0.4) is 0 Å². The van der Waals surface area contributed by atoms with Crippen molar-refractivity contribution < 1.29 is 9.53 Å². The molecule has 122 valence electrons. The van der Waals surface area contributed by atoms with Crippen LogP contribution in [0.1, 0.15) is 36.2 Å². The van der Waals surface area contributed by atoms with Gasteiger partial charge in [0.2, 0.25) is 0 Å². The normalized spacial score (nSPS) is 21.1. The second-order valence-electron chi connectivity index (χ2n) is 5.76. The van der Waals surface area contributed by atoms with Crippen molar-refractivity contribution in [3.05, 3.63) is 36.5 Å². The minimum absolute atomic E-state index is 0.145. The summed E-state index contributed by atoms with van der Waals surface area (Å²) in [7, 11) is 1.73. The Hall–Kier alpha value is -2.41. The van der Waals surface area contributed by atoms with Gasteiger partial charge in [-0.15, -0.1) is 0 Å². The van der Waals surface area contributed by atoms with E-state index >= 15 is 0 Å². The number of rotatable bonds is 4.